The molecule has 0 bridgehead atoms. The minimum atomic E-state index is -0.447. The van der Waals surface area contributed by atoms with Crippen molar-refractivity contribution in [2.24, 2.45) is 9.98 Å². The summed E-state index contributed by atoms with van der Waals surface area (Å²) in [6.45, 7) is 0.416. The number of para-hydroxylation sites is 2. The van der Waals surface area contributed by atoms with E-state index >= 15 is 0 Å². The molecule has 0 unspecified atom stereocenters. The van der Waals surface area contributed by atoms with Crippen molar-refractivity contribution in [2.45, 2.75) is 0 Å². The molecule has 2 aliphatic rings. The molecule has 2 N–H and O–H groups in total. The van der Waals surface area contributed by atoms with E-state index in [4.69, 9.17) is 8.83 Å². The molecule has 33 heavy (non-hydrogen) atoms. The number of carbonyl (C=O) groups is 1. The Bertz CT molecular complexity index is 1940. The summed E-state index contributed by atoms with van der Waals surface area (Å²) in [4.78, 5) is 21.3. The average molecular weight is 434 g/mol. The van der Waals surface area contributed by atoms with Gasteiger partial charge < -0.3 is 19.0 Å². The first-order valence-corrected chi connectivity index (χ1v) is 10.4. The van der Waals surface area contributed by atoms with Crippen molar-refractivity contribution in [3.8, 4) is 11.9 Å². The molecule has 158 valence electrons. The number of amides is 1. The lowest BCUT2D eigenvalue weighted by Gasteiger charge is -2.00. The van der Waals surface area contributed by atoms with E-state index in [9.17, 15) is 15.0 Å². The van der Waals surface area contributed by atoms with Crippen LogP contribution in [0.3, 0.4) is 0 Å². The van der Waals surface area contributed by atoms with E-state index in [2.05, 4.69) is 9.98 Å². The molecule has 1 amide bonds. The highest BCUT2D eigenvalue weighted by molar-refractivity contribution is 6.25. The minimum Gasteiger partial charge on any atom is -0.480 e. The quantitative estimate of drug-likeness (QED) is 0.440. The van der Waals surface area contributed by atoms with E-state index in [1.54, 1.807) is 30.3 Å². The van der Waals surface area contributed by atoms with Crippen LogP contribution in [0.2, 0.25) is 0 Å². The molecule has 0 aliphatic carbocycles. The van der Waals surface area contributed by atoms with Crippen LogP contribution < -0.4 is 21.2 Å². The summed E-state index contributed by atoms with van der Waals surface area (Å²) >= 11 is 0. The van der Waals surface area contributed by atoms with E-state index in [0.29, 0.717) is 44.6 Å². The number of benzene rings is 3. The van der Waals surface area contributed by atoms with Gasteiger partial charge in [0.15, 0.2) is 0 Å². The minimum absolute atomic E-state index is 0.213. The van der Waals surface area contributed by atoms with Gasteiger partial charge in [-0.25, -0.2) is 4.99 Å². The van der Waals surface area contributed by atoms with Crippen molar-refractivity contribution in [3.63, 3.8) is 0 Å². The van der Waals surface area contributed by atoms with Crippen LogP contribution in [-0.2, 0) is 4.79 Å². The smallest absolute Gasteiger partial charge is 0.291 e. The van der Waals surface area contributed by atoms with Gasteiger partial charge in [0, 0.05) is 21.2 Å². The van der Waals surface area contributed by atoms with Crippen molar-refractivity contribution in [3.05, 3.63) is 92.9 Å². The van der Waals surface area contributed by atoms with Crippen LogP contribution >= 0.6 is 0 Å². The van der Waals surface area contributed by atoms with Crippen molar-refractivity contribution in [2.75, 3.05) is 6.54 Å². The van der Waals surface area contributed by atoms with Gasteiger partial charge in [-0.2, -0.15) is 0 Å². The monoisotopic (exact) mass is 434 g/mol. The molecule has 2 aliphatic heterocycles. The Morgan fingerprint density at radius 1 is 0.758 bits per heavy atom. The second-order valence-electron chi connectivity index (χ2n) is 8.03. The molecule has 0 saturated carbocycles. The van der Waals surface area contributed by atoms with Crippen molar-refractivity contribution >= 4 is 39.0 Å². The summed E-state index contributed by atoms with van der Waals surface area (Å²) < 4.78 is 11.4. The number of furan rings is 2. The van der Waals surface area contributed by atoms with Crippen LogP contribution in [0, 0.1) is 0 Å². The first-order valence-electron chi connectivity index (χ1n) is 10.4. The zero-order valence-electron chi connectivity index (χ0n) is 17.0. The SMILES string of the molecule is O=C1N=c2ccccc2=C1c1c(O)oc2cc3c(C4=c5ccccc5=NC4)c(O)oc3cc12. The number of rotatable bonds is 2. The predicted molar refractivity (Wildman–Crippen MR) is 119 cm³/mol. The summed E-state index contributed by atoms with van der Waals surface area (Å²) in [7, 11) is 0. The molecule has 7 nitrogen and oxygen atoms in total. The van der Waals surface area contributed by atoms with Crippen LogP contribution in [0.25, 0.3) is 33.1 Å². The largest absolute Gasteiger partial charge is 0.480 e. The van der Waals surface area contributed by atoms with Gasteiger partial charge in [0.2, 0.25) is 0 Å². The van der Waals surface area contributed by atoms with Gasteiger partial charge in [0.05, 0.1) is 34.0 Å². The second-order valence-corrected chi connectivity index (χ2v) is 8.03. The lowest BCUT2D eigenvalue weighted by Crippen LogP contribution is -2.22. The normalized spacial score (nSPS) is 14.6. The van der Waals surface area contributed by atoms with Gasteiger partial charge in [-0.3, -0.25) is 9.79 Å². The van der Waals surface area contributed by atoms with Crippen LogP contribution in [0.15, 0.2) is 79.5 Å². The van der Waals surface area contributed by atoms with Gasteiger partial charge in [0.1, 0.15) is 11.2 Å². The number of hydrogen-bond donors (Lipinski definition) is 2. The number of nitrogens with zero attached hydrogens (tertiary/aromatic N) is 2. The fourth-order valence-corrected chi connectivity index (χ4v) is 4.83. The molecule has 4 heterocycles. The zero-order chi connectivity index (χ0) is 22.3. The molecule has 0 saturated heterocycles. The van der Waals surface area contributed by atoms with Crippen molar-refractivity contribution < 1.29 is 23.8 Å². The molecule has 0 spiro atoms. The van der Waals surface area contributed by atoms with E-state index in [0.717, 1.165) is 16.1 Å². The third-order valence-electron chi connectivity index (χ3n) is 6.26. The highest BCUT2D eigenvalue weighted by Crippen LogP contribution is 2.42. The molecule has 3 aromatic carbocycles. The zero-order valence-corrected chi connectivity index (χ0v) is 17.0. The molecule has 2 aromatic heterocycles. The van der Waals surface area contributed by atoms with Crippen LogP contribution in [-0.4, -0.2) is 22.7 Å². The van der Waals surface area contributed by atoms with Crippen LogP contribution in [0.1, 0.15) is 11.1 Å². The Labute approximate surface area is 184 Å². The first-order chi connectivity index (χ1) is 16.1. The van der Waals surface area contributed by atoms with Crippen LogP contribution in [0.5, 0.6) is 11.9 Å². The van der Waals surface area contributed by atoms with E-state index in [1.807, 2.05) is 30.3 Å². The van der Waals surface area contributed by atoms with Crippen LogP contribution in [0.4, 0.5) is 0 Å². The maximum atomic E-state index is 12.7. The molecule has 7 heteroatoms. The number of fused-ring (bicyclic) bond motifs is 4. The molecular weight excluding hydrogens is 420 g/mol. The third kappa shape index (κ3) is 2.36. The molecule has 0 atom stereocenters. The Kier molecular flexibility index (Phi) is 3.38. The molecule has 5 aromatic rings. The topological polar surface area (TPSA) is 109 Å². The fraction of sp³-hybridized carbons (Fsp3) is 0.0385. The summed E-state index contributed by atoms with van der Waals surface area (Å²) in [5.74, 6) is -1.03. The van der Waals surface area contributed by atoms with Gasteiger partial charge in [-0.15, -0.1) is 0 Å². The number of aromatic hydroxyl groups is 2. The first kappa shape index (κ1) is 18.0. The molecule has 7 rings (SSSR count). The van der Waals surface area contributed by atoms with E-state index in [1.165, 1.54) is 0 Å². The lowest BCUT2D eigenvalue weighted by molar-refractivity contribution is -0.112. The number of carbonyl (C=O) groups excluding carboxylic acids is 1. The Morgan fingerprint density at radius 2 is 1.36 bits per heavy atom. The highest BCUT2D eigenvalue weighted by atomic mass is 16.5. The maximum Gasteiger partial charge on any atom is 0.291 e. The molecular formula is C26H14N2O5. The van der Waals surface area contributed by atoms with Gasteiger partial charge >= 0.3 is 0 Å². The van der Waals surface area contributed by atoms with Crippen molar-refractivity contribution in [1.82, 2.24) is 0 Å². The summed E-state index contributed by atoms with van der Waals surface area (Å²) in [6, 6.07) is 18.2. The van der Waals surface area contributed by atoms with E-state index in [-0.39, 0.29) is 23.0 Å². The Balaban J connectivity index is 1.54. The molecule has 0 radical (unpaired) electrons. The standard InChI is InChI=1S/C26H14N2O5/c29-24-22(13-6-2-4-8-18(13)28-24)23-15-10-19-14(9-20(15)33-26(23)31)21(25(30)32-19)16-11-27-17-7-3-1-5-12(16)17/h1-10,30-31H,11H2. The van der Waals surface area contributed by atoms with E-state index < -0.39 is 5.91 Å². The maximum absolute atomic E-state index is 12.7. The van der Waals surface area contributed by atoms with Gasteiger partial charge in [0.25, 0.3) is 17.8 Å². The predicted octanol–water partition coefficient (Wildman–Crippen LogP) is 1.78. The summed E-state index contributed by atoms with van der Waals surface area (Å²) in [6.07, 6.45) is 0. The summed E-state index contributed by atoms with van der Waals surface area (Å²) in [5.41, 5.74) is 2.70. The van der Waals surface area contributed by atoms with Crippen molar-refractivity contribution in [1.29, 1.82) is 0 Å². The third-order valence-corrected chi connectivity index (χ3v) is 6.26. The lowest BCUT2D eigenvalue weighted by atomic mass is 9.99. The highest BCUT2D eigenvalue weighted by Gasteiger charge is 2.28. The Morgan fingerprint density at radius 3 is 2.12 bits per heavy atom. The summed E-state index contributed by atoms with van der Waals surface area (Å²) in [5, 5.41) is 25.5. The fourth-order valence-electron chi connectivity index (χ4n) is 4.83. The van der Waals surface area contributed by atoms with Gasteiger partial charge in [-0.1, -0.05) is 36.4 Å². The van der Waals surface area contributed by atoms with Gasteiger partial charge in [-0.05, 0) is 29.8 Å². The Hall–Kier alpha value is -4.65. The average Bonchev–Trinajstić information content (AvgIpc) is 3.53. The number of hydrogen-bond acceptors (Lipinski definition) is 6. The molecule has 0 fully saturated rings. The second kappa shape index (κ2) is 6.20.